The number of nitrogens with zero attached hydrogens (tertiary/aromatic N) is 1. The molecule has 0 N–H and O–H groups in total. The molecule has 0 saturated heterocycles. The molecule has 0 aromatic heterocycles. The van der Waals surface area contributed by atoms with Gasteiger partial charge in [-0.25, -0.2) is 0 Å². The summed E-state index contributed by atoms with van der Waals surface area (Å²) in [6, 6.07) is 0. The molecular weight excluding hydrogens is 171 g/mol. The minimum atomic E-state index is -4.44. The van der Waals surface area contributed by atoms with Gasteiger partial charge < -0.3 is 9.64 Å². The van der Waals surface area contributed by atoms with Gasteiger partial charge in [0, 0.05) is 0 Å². The second-order valence-electron chi connectivity index (χ2n) is 2.12. The van der Waals surface area contributed by atoms with E-state index < -0.39 is 11.9 Å². The number of halogens is 3. The van der Waals surface area contributed by atoms with E-state index in [0.717, 1.165) is 4.90 Å². The highest BCUT2D eigenvalue weighted by Crippen LogP contribution is 2.30. The van der Waals surface area contributed by atoms with E-state index in [1.54, 1.807) is 6.26 Å². The lowest BCUT2D eigenvalue weighted by atomic mass is 10.4. The van der Waals surface area contributed by atoms with Crippen molar-refractivity contribution in [2.75, 3.05) is 13.3 Å². The predicted molar refractivity (Wildman–Crippen MR) is 34.3 cm³/mol. The predicted octanol–water partition coefficient (Wildman–Crippen LogP) is 1.12. The first-order valence-electron chi connectivity index (χ1n) is 3.06. The summed E-state index contributed by atoms with van der Waals surface area (Å²) in [4.78, 5) is 0.889. The molecule has 1 aliphatic rings. The Bertz CT molecular complexity index is 238. The third-order valence-corrected chi connectivity index (χ3v) is 1.26. The summed E-state index contributed by atoms with van der Waals surface area (Å²) >= 11 is 0. The molecule has 0 amide bonds. The van der Waals surface area contributed by atoms with Gasteiger partial charge >= 0.3 is 6.18 Å². The highest BCUT2D eigenvalue weighted by atomic mass is 19.4. The van der Waals surface area contributed by atoms with Crippen molar-refractivity contribution in [3.63, 3.8) is 0 Å². The van der Waals surface area contributed by atoms with Crippen molar-refractivity contribution >= 4 is 0 Å². The first kappa shape index (κ1) is 8.78. The lowest BCUT2D eigenvalue weighted by Gasteiger charge is -2.17. The molecule has 0 aromatic carbocycles. The summed E-state index contributed by atoms with van der Waals surface area (Å²) in [6.45, 7) is -0.305. The van der Waals surface area contributed by atoms with Crippen LogP contribution in [0.5, 0.6) is 0 Å². The van der Waals surface area contributed by atoms with Crippen molar-refractivity contribution in [2.24, 2.45) is 0 Å². The SMILES string of the molecule is C#CCN1CO[C]=C1C(F)(F)F. The monoisotopic (exact) mass is 176 g/mol. The number of alkyl halides is 3. The van der Waals surface area contributed by atoms with Gasteiger partial charge in [-0.05, 0) is 0 Å². The summed E-state index contributed by atoms with van der Waals surface area (Å²) in [7, 11) is 0. The van der Waals surface area contributed by atoms with Crippen molar-refractivity contribution in [1.29, 1.82) is 0 Å². The Hall–Kier alpha value is -1.31. The molecule has 0 aliphatic carbocycles. The van der Waals surface area contributed by atoms with Crippen LogP contribution in [0.15, 0.2) is 5.70 Å². The molecule has 12 heavy (non-hydrogen) atoms. The van der Waals surface area contributed by atoms with Crippen LogP contribution in [0, 0.1) is 18.6 Å². The largest absolute Gasteiger partial charge is 0.467 e. The third-order valence-electron chi connectivity index (χ3n) is 1.26. The van der Waals surface area contributed by atoms with Gasteiger partial charge in [0.2, 0.25) is 0 Å². The van der Waals surface area contributed by atoms with Gasteiger partial charge in [0.1, 0.15) is 0 Å². The fourth-order valence-corrected chi connectivity index (χ4v) is 0.780. The summed E-state index contributed by atoms with van der Waals surface area (Å²) in [6.07, 6.45) is 2.17. The van der Waals surface area contributed by atoms with Crippen LogP contribution in [-0.4, -0.2) is 24.4 Å². The first-order valence-corrected chi connectivity index (χ1v) is 3.06. The Morgan fingerprint density at radius 3 is 2.83 bits per heavy atom. The molecule has 5 heteroatoms. The maximum absolute atomic E-state index is 12.0. The minimum Gasteiger partial charge on any atom is -0.467 e. The number of rotatable bonds is 1. The zero-order valence-corrected chi connectivity index (χ0v) is 5.98. The van der Waals surface area contributed by atoms with E-state index in [1.165, 1.54) is 0 Å². The summed E-state index contributed by atoms with van der Waals surface area (Å²) in [5, 5.41) is 0. The van der Waals surface area contributed by atoms with Gasteiger partial charge in [0.15, 0.2) is 18.7 Å². The van der Waals surface area contributed by atoms with Gasteiger partial charge in [-0.2, -0.15) is 13.2 Å². The number of terminal acetylenes is 1. The van der Waals surface area contributed by atoms with E-state index in [2.05, 4.69) is 10.7 Å². The number of ether oxygens (including phenoxy) is 1. The van der Waals surface area contributed by atoms with Crippen LogP contribution in [-0.2, 0) is 4.74 Å². The first-order chi connectivity index (χ1) is 5.55. The van der Waals surface area contributed by atoms with Crippen molar-refractivity contribution in [3.8, 4) is 12.3 Å². The zero-order chi connectivity index (χ0) is 9.19. The van der Waals surface area contributed by atoms with Crippen LogP contribution < -0.4 is 0 Å². The summed E-state index contributed by atoms with van der Waals surface area (Å²) < 4.78 is 40.5. The quantitative estimate of drug-likeness (QED) is 0.555. The molecular formula is C7H5F3NO. The van der Waals surface area contributed by atoms with E-state index in [-0.39, 0.29) is 13.3 Å². The Kier molecular flexibility index (Phi) is 2.18. The van der Waals surface area contributed by atoms with E-state index >= 15 is 0 Å². The van der Waals surface area contributed by atoms with Crippen LogP contribution in [0.25, 0.3) is 0 Å². The van der Waals surface area contributed by atoms with Gasteiger partial charge in [-0.3, -0.25) is 0 Å². The highest BCUT2D eigenvalue weighted by Gasteiger charge is 2.41. The molecule has 2 nitrogen and oxygen atoms in total. The zero-order valence-electron chi connectivity index (χ0n) is 5.98. The molecule has 0 bridgehead atoms. The van der Waals surface area contributed by atoms with E-state index in [9.17, 15) is 13.2 Å². The smallest absolute Gasteiger partial charge is 0.435 e. The molecule has 65 valence electrons. The van der Waals surface area contributed by atoms with Gasteiger partial charge in [0.25, 0.3) is 0 Å². The standard InChI is InChI=1S/C7H5F3NO/c1-2-3-11-5-12-4-6(11)7(8,9)10/h1H,3,5H2. The van der Waals surface area contributed by atoms with Gasteiger partial charge in [-0.1, -0.05) is 5.92 Å². The average molecular weight is 176 g/mol. The topological polar surface area (TPSA) is 12.5 Å². The number of allylic oxidation sites excluding steroid dienone is 1. The Balaban J connectivity index is 2.71. The number of hydrogen-bond donors (Lipinski definition) is 0. The molecule has 0 saturated carbocycles. The Morgan fingerprint density at radius 2 is 2.33 bits per heavy atom. The third kappa shape index (κ3) is 1.64. The van der Waals surface area contributed by atoms with Crippen molar-refractivity contribution in [3.05, 3.63) is 12.0 Å². The summed E-state index contributed by atoms with van der Waals surface area (Å²) in [5.74, 6) is 2.10. The van der Waals surface area contributed by atoms with E-state index in [4.69, 9.17) is 6.42 Å². The van der Waals surface area contributed by atoms with Crippen molar-refractivity contribution in [1.82, 2.24) is 4.90 Å². The van der Waals surface area contributed by atoms with Crippen LogP contribution in [0.2, 0.25) is 0 Å². The Labute approximate surface area is 67.6 Å². The molecule has 0 fully saturated rings. The Morgan fingerprint density at radius 1 is 1.67 bits per heavy atom. The fraction of sp³-hybridized carbons (Fsp3) is 0.429. The second-order valence-corrected chi connectivity index (χ2v) is 2.12. The lowest BCUT2D eigenvalue weighted by Crippen LogP contribution is -2.29. The van der Waals surface area contributed by atoms with Crippen LogP contribution in [0.3, 0.4) is 0 Å². The van der Waals surface area contributed by atoms with Crippen LogP contribution in [0.4, 0.5) is 13.2 Å². The maximum Gasteiger partial charge on any atom is 0.435 e. The fourth-order valence-electron chi connectivity index (χ4n) is 0.780. The van der Waals surface area contributed by atoms with Gasteiger partial charge in [0.05, 0.1) is 6.54 Å². The number of hydrogen-bond acceptors (Lipinski definition) is 2. The molecule has 0 spiro atoms. The lowest BCUT2D eigenvalue weighted by molar-refractivity contribution is -0.109. The highest BCUT2D eigenvalue weighted by molar-refractivity contribution is 5.07. The molecule has 1 aliphatic heterocycles. The normalized spacial score (nSPS) is 16.8. The van der Waals surface area contributed by atoms with E-state index in [1.807, 2.05) is 0 Å². The molecule has 0 unspecified atom stereocenters. The maximum atomic E-state index is 12.0. The molecule has 1 radical (unpaired) electrons. The molecule has 0 aromatic rings. The molecule has 1 rings (SSSR count). The van der Waals surface area contributed by atoms with Crippen molar-refractivity contribution in [2.45, 2.75) is 6.18 Å². The average Bonchev–Trinajstić information content (AvgIpc) is 2.34. The summed E-state index contributed by atoms with van der Waals surface area (Å²) in [5.41, 5.74) is -0.944. The molecule has 0 atom stereocenters. The van der Waals surface area contributed by atoms with E-state index in [0.29, 0.717) is 0 Å². The van der Waals surface area contributed by atoms with Crippen LogP contribution in [0.1, 0.15) is 0 Å². The van der Waals surface area contributed by atoms with Crippen molar-refractivity contribution < 1.29 is 17.9 Å². The minimum absolute atomic E-state index is 0.123. The molecule has 1 heterocycles. The van der Waals surface area contributed by atoms with Gasteiger partial charge in [-0.15, -0.1) is 6.42 Å². The second kappa shape index (κ2) is 2.97. The van der Waals surface area contributed by atoms with Crippen LogP contribution >= 0.6 is 0 Å².